The van der Waals surface area contributed by atoms with Crippen LogP contribution in [0.1, 0.15) is 30.8 Å². The van der Waals surface area contributed by atoms with E-state index in [2.05, 4.69) is 35.8 Å². The summed E-state index contributed by atoms with van der Waals surface area (Å²) in [5, 5.41) is 3.31. The summed E-state index contributed by atoms with van der Waals surface area (Å²) in [7, 11) is -0.926. The van der Waals surface area contributed by atoms with Crippen molar-refractivity contribution in [1.29, 1.82) is 0 Å². The van der Waals surface area contributed by atoms with E-state index in [9.17, 15) is 4.79 Å². The third-order valence-electron chi connectivity index (χ3n) is 2.39. The summed E-state index contributed by atoms with van der Waals surface area (Å²) in [6, 6.07) is 3.97. The topological polar surface area (TPSA) is 51.2 Å². The predicted octanol–water partition coefficient (Wildman–Crippen LogP) is 2.46. The van der Waals surface area contributed by atoms with Crippen LogP contribution >= 0.6 is 21.6 Å². The fourth-order valence-corrected chi connectivity index (χ4v) is 2.18. The summed E-state index contributed by atoms with van der Waals surface area (Å²) < 4.78 is 5.56. The molecule has 19 heavy (non-hydrogen) atoms. The number of carbonyl (C=O) groups excluding carboxylic acids is 1. The molecule has 4 nitrogen and oxygen atoms in total. The fourth-order valence-electron chi connectivity index (χ4n) is 1.41. The minimum absolute atomic E-state index is 0.00832. The zero-order chi connectivity index (χ0) is 14.3. The van der Waals surface area contributed by atoms with Gasteiger partial charge in [-0.3, -0.25) is 4.79 Å². The lowest BCUT2D eigenvalue weighted by atomic mass is 10.3. The number of aromatic nitrogens is 1. The maximum Gasteiger partial charge on any atom is 0.226 e. The second-order valence-electron chi connectivity index (χ2n) is 4.52. The molecule has 0 radical (unpaired) electrons. The maximum absolute atomic E-state index is 11.7. The Balaban J connectivity index is 2.34. The lowest BCUT2D eigenvalue weighted by molar-refractivity contribution is 0.108. The van der Waals surface area contributed by atoms with Crippen LogP contribution in [0.3, 0.4) is 0 Å². The molecule has 0 aromatic carbocycles. The molecule has 108 valence electrons. The molecule has 1 N–H and O–H groups in total. The molecule has 1 aromatic heterocycles. The third kappa shape index (κ3) is 6.31. The van der Waals surface area contributed by atoms with Gasteiger partial charge in [-0.2, -0.15) is 0 Å². The Hall–Kier alpha value is -0.720. The summed E-state index contributed by atoms with van der Waals surface area (Å²) in [6.45, 7) is 5.80. The first-order chi connectivity index (χ1) is 9.00. The van der Waals surface area contributed by atoms with Crippen molar-refractivity contribution in [2.45, 2.75) is 26.3 Å². The molecule has 1 unspecified atom stereocenters. The number of hydrogen-bond donors (Lipinski definition) is 3. The number of hydrogen-bond acceptors (Lipinski definition) is 5. The average Bonchev–Trinajstić information content (AvgIpc) is 2.37. The zero-order valence-corrected chi connectivity index (χ0v) is 13.4. The summed E-state index contributed by atoms with van der Waals surface area (Å²) in [5.41, 5.74) is 0.456. The van der Waals surface area contributed by atoms with E-state index in [1.54, 1.807) is 24.6 Å². The molecule has 0 aliphatic carbocycles. The van der Waals surface area contributed by atoms with Crippen molar-refractivity contribution in [3.63, 3.8) is 0 Å². The van der Waals surface area contributed by atoms with E-state index < -0.39 is 9.93 Å². The van der Waals surface area contributed by atoms with Gasteiger partial charge >= 0.3 is 0 Å². The lowest BCUT2D eigenvalue weighted by Gasteiger charge is -2.10. The molecule has 0 saturated carbocycles. The first-order valence-corrected chi connectivity index (χ1v) is 9.24. The van der Waals surface area contributed by atoms with Gasteiger partial charge in [0.2, 0.25) is 5.12 Å². The highest BCUT2D eigenvalue weighted by Crippen LogP contribution is 2.29. The number of rotatable bonds is 7. The molecule has 0 fully saturated rings. The van der Waals surface area contributed by atoms with Gasteiger partial charge in [0.1, 0.15) is 11.4 Å². The van der Waals surface area contributed by atoms with E-state index in [1.807, 2.05) is 0 Å². The van der Waals surface area contributed by atoms with Crippen molar-refractivity contribution in [1.82, 2.24) is 10.3 Å². The van der Waals surface area contributed by atoms with Crippen molar-refractivity contribution < 1.29 is 9.53 Å². The highest BCUT2D eigenvalue weighted by Gasteiger charge is 2.09. The molecule has 0 bridgehead atoms. The van der Waals surface area contributed by atoms with Crippen molar-refractivity contribution in [2.75, 3.05) is 19.4 Å². The van der Waals surface area contributed by atoms with Crippen LogP contribution in [0.4, 0.5) is 0 Å². The molecule has 0 spiro atoms. The monoisotopic (exact) mass is 302 g/mol. The van der Waals surface area contributed by atoms with Gasteiger partial charge < -0.3 is 10.1 Å². The molecule has 1 aromatic rings. The van der Waals surface area contributed by atoms with Crippen LogP contribution in [0.2, 0.25) is 0 Å². The highest BCUT2D eigenvalue weighted by molar-refractivity contribution is 8.84. The molecule has 0 saturated heterocycles. The number of nitrogens with zero attached hydrogens (tertiary/aromatic N) is 1. The number of carbonyl (C=O) groups is 1. The average molecular weight is 302 g/mol. The molecular weight excluding hydrogens is 280 g/mol. The Labute approximate surface area is 122 Å². The fraction of sp³-hybridized carbons (Fsp3) is 0.538. The Morgan fingerprint density at radius 2 is 2.26 bits per heavy atom. The van der Waals surface area contributed by atoms with E-state index in [0.29, 0.717) is 24.1 Å². The van der Waals surface area contributed by atoms with Gasteiger partial charge in [-0.05, 0) is 31.4 Å². The Morgan fingerprint density at radius 1 is 1.53 bits per heavy atom. The second-order valence-corrected chi connectivity index (χ2v) is 7.77. The lowest BCUT2D eigenvalue weighted by Crippen LogP contribution is -2.24. The Morgan fingerprint density at radius 3 is 2.79 bits per heavy atom. The van der Waals surface area contributed by atoms with Gasteiger partial charge in [-0.25, -0.2) is 4.98 Å². The predicted molar refractivity (Wildman–Crippen MR) is 85.7 cm³/mol. The number of ether oxygens (including phenoxy) is 1. The van der Waals surface area contributed by atoms with Gasteiger partial charge in [0, 0.05) is 6.04 Å². The van der Waals surface area contributed by atoms with Crippen LogP contribution < -0.4 is 10.1 Å². The van der Waals surface area contributed by atoms with Crippen LogP contribution in [0.15, 0.2) is 18.3 Å². The molecule has 1 atom stereocenters. The summed E-state index contributed by atoms with van der Waals surface area (Å²) in [4.78, 5) is 15.8. The van der Waals surface area contributed by atoms with E-state index >= 15 is 0 Å². The quantitative estimate of drug-likeness (QED) is 0.411. The van der Waals surface area contributed by atoms with Crippen LogP contribution in [-0.2, 0) is 0 Å². The zero-order valence-electron chi connectivity index (χ0n) is 11.6. The van der Waals surface area contributed by atoms with E-state index in [0.717, 1.165) is 13.0 Å². The van der Waals surface area contributed by atoms with E-state index in [4.69, 9.17) is 4.74 Å². The van der Waals surface area contributed by atoms with Gasteiger partial charge in [0.15, 0.2) is 0 Å². The smallest absolute Gasteiger partial charge is 0.226 e. The number of pyridine rings is 1. The normalized spacial score (nSPS) is 13.4. The number of thiol groups is 2. The molecule has 1 rings (SSSR count). The van der Waals surface area contributed by atoms with Crippen molar-refractivity contribution in [2.24, 2.45) is 0 Å². The molecule has 0 aliphatic heterocycles. The van der Waals surface area contributed by atoms with Gasteiger partial charge in [0.05, 0.1) is 12.8 Å². The second kappa shape index (κ2) is 8.45. The molecule has 6 heteroatoms. The molecule has 0 aliphatic rings. The summed E-state index contributed by atoms with van der Waals surface area (Å²) in [5.74, 6) is 0.695. The van der Waals surface area contributed by atoms with Crippen LogP contribution in [0, 0.1) is 0 Å². The first kappa shape index (κ1) is 16.3. The van der Waals surface area contributed by atoms with Crippen molar-refractivity contribution in [3.8, 4) is 5.75 Å². The van der Waals surface area contributed by atoms with E-state index in [-0.39, 0.29) is 5.12 Å². The Bertz CT molecular complexity index is 394. The van der Waals surface area contributed by atoms with Gasteiger partial charge in [-0.1, -0.05) is 13.8 Å². The first-order valence-electron chi connectivity index (χ1n) is 6.30. The third-order valence-corrected chi connectivity index (χ3v) is 3.75. The van der Waals surface area contributed by atoms with E-state index in [1.165, 1.54) is 0 Å². The SMILES string of the molecule is CC(C)NCCCOc1ccc(C(=O)[SH](C)S)nc1. The molecule has 0 amide bonds. The minimum atomic E-state index is -0.926. The number of nitrogens with one attached hydrogen (secondary N) is 1. The van der Waals surface area contributed by atoms with Crippen molar-refractivity contribution in [3.05, 3.63) is 24.0 Å². The summed E-state index contributed by atoms with van der Waals surface area (Å²) in [6.07, 6.45) is 4.33. The van der Waals surface area contributed by atoms with Crippen molar-refractivity contribution >= 4 is 26.7 Å². The van der Waals surface area contributed by atoms with Crippen LogP contribution in [-0.4, -0.2) is 35.5 Å². The minimum Gasteiger partial charge on any atom is -0.492 e. The van der Waals surface area contributed by atoms with Crippen LogP contribution in [0.25, 0.3) is 0 Å². The maximum atomic E-state index is 11.7. The van der Waals surface area contributed by atoms with Gasteiger partial charge in [0.25, 0.3) is 0 Å². The Kier molecular flexibility index (Phi) is 7.27. The summed E-state index contributed by atoms with van der Waals surface area (Å²) >= 11 is 4.16. The van der Waals surface area contributed by atoms with Crippen LogP contribution in [0.5, 0.6) is 5.75 Å². The van der Waals surface area contributed by atoms with Gasteiger partial charge in [-0.15, -0.1) is 21.6 Å². The molecular formula is C13H22N2O2S2. The standard InChI is InChI=1S/C13H22N2O2S2/c1-10(2)14-7-4-8-17-11-5-6-12(15-9-11)13(16)19(3)18/h5-6,9-10,14,18-19H,4,7-8H2,1-3H3. The molecule has 1 heterocycles. The largest absolute Gasteiger partial charge is 0.492 e. The highest BCUT2D eigenvalue weighted by atomic mass is 33.1.